The number of anilines is 1. The van der Waals surface area contributed by atoms with Crippen LogP contribution in [0.5, 0.6) is 0 Å². The molecule has 2 aliphatic rings. The topological polar surface area (TPSA) is 67.2 Å². The van der Waals surface area contributed by atoms with Gasteiger partial charge in [0, 0.05) is 42.8 Å². The largest absolute Gasteiger partial charge is 0.372 e. The van der Waals surface area contributed by atoms with Crippen molar-refractivity contribution in [1.82, 2.24) is 24.6 Å². The zero-order valence-electron chi connectivity index (χ0n) is 18.5. The van der Waals surface area contributed by atoms with Crippen LogP contribution in [-0.2, 0) is 13.1 Å². The Morgan fingerprint density at radius 3 is 2.45 bits per heavy atom. The third-order valence-corrected chi connectivity index (χ3v) is 6.70. The number of nitrogens with zero attached hydrogens (tertiary/aromatic N) is 6. The number of carbonyl (C=O) groups is 1. The number of rotatable bonds is 3. The van der Waals surface area contributed by atoms with E-state index in [1.54, 1.807) is 0 Å². The van der Waals surface area contributed by atoms with Crippen LogP contribution >= 0.6 is 0 Å². The first-order valence-corrected chi connectivity index (χ1v) is 11.7. The lowest BCUT2D eigenvalue weighted by Gasteiger charge is -2.30. The Morgan fingerprint density at radius 2 is 1.61 bits per heavy atom. The van der Waals surface area contributed by atoms with Gasteiger partial charge in [0.1, 0.15) is 5.69 Å². The SMILES string of the molecule is O=C(c1ccc(N2CCCCC2)cc1)N1CCn2c(nnc2-c2ccc3ccccc3n2)C1. The summed E-state index contributed by atoms with van der Waals surface area (Å²) in [4.78, 5) is 22.2. The Bertz CT molecular complexity index is 1310. The molecule has 0 bridgehead atoms. The fourth-order valence-corrected chi connectivity index (χ4v) is 4.86. The molecule has 0 aliphatic carbocycles. The summed E-state index contributed by atoms with van der Waals surface area (Å²) in [5, 5.41) is 9.90. The number of pyridine rings is 1. The van der Waals surface area contributed by atoms with Crippen LogP contribution in [-0.4, -0.2) is 50.2 Å². The van der Waals surface area contributed by atoms with E-state index in [0.717, 1.165) is 46.9 Å². The summed E-state index contributed by atoms with van der Waals surface area (Å²) < 4.78 is 2.08. The molecule has 0 atom stereocenters. The van der Waals surface area contributed by atoms with Crippen LogP contribution in [0.25, 0.3) is 22.4 Å². The van der Waals surface area contributed by atoms with Crippen LogP contribution < -0.4 is 4.90 Å². The van der Waals surface area contributed by atoms with Gasteiger partial charge < -0.3 is 14.4 Å². The summed E-state index contributed by atoms with van der Waals surface area (Å²) in [7, 11) is 0. The summed E-state index contributed by atoms with van der Waals surface area (Å²) in [6.07, 6.45) is 3.79. The maximum Gasteiger partial charge on any atom is 0.254 e. The lowest BCUT2D eigenvalue weighted by molar-refractivity contribution is 0.0708. The number of piperidine rings is 1. The second-order valence-corrected chi connectivity index (χ2v) is 8.80. The molecule has 4 heterocycles. The molecule has 166 valence electrons. The second kappa shape index (κ2) is 8.31. The molecule has 2 aliphatic heterocycles. The van der Waals surface area contributed by atoms with Crippen LogP contribution in [0.2, 0.25) is 0 Å². The Labute approximate surface area is 192 Å². The highest BCUT2D eigenvalue weighted by Gasteiger charge is 2.26. The fraction of sp³-hybridized carbons (Fsp3) is 0.308. The minimum atomic E-state index is 0.0415. The molecule has 7 nitrogen and oxygen atoms in total. The summed E-state index contributed by atoms with van der Waals surface area (Å²) in [6, 6.07) is 20.2. The molecule has 0 spiro atoms. The number of benzene rings is 2. The molecule has 0 radical (unpaired) electrons. The monoisotopic (exact) mass is 438 g/mol. The van der Waals surface area contributed by atoms with Gasteiger partial charge in [-0.1, -0.05) is 24.3 Å². The van der Waals surface area contributed by atoms with Crippen LogP contribution in [0.3, 0.4) is 0 Å². The van der Waals surface area contributed by atoms with E-state index in [0.29, 0.717) is 19.6 Å². The van der Waals surface area contributed by atoms with Crippen molar-refractivity contribution in [2.75, 3.05) is 24.5 Å². The number of para-hydroxylation sites is 1. The second-order valence-electron chi connectivity index (χ2n) is 8.80. The van der Waals surface area contributed by atoms with E-state index in [1.807, 2.05) is 47.4 Å². The quantitative estimate of drug-likeness (QED) is 0.481. The highest BCUT2D eigenvalue weighted by Crippen LogP contribution is 2.25. The molecule has 2 aromatic heterocycles. The van der Waals surface area contributed by atoms with Gasteiger partial charge in [-0.15, -0.1) is 10.2 Å². The van der Waals surface area contributed by atoms with E-state index in [9.17, 15) is 4.79 Å². The van der Waals surface area contributed by atoms with Gasteiger partial charge in [-0.05, 0) is 55.7 Å². The summed E-state index contributed by atoms with van der Waals surface area (Å²) in [5.74, 6) is 1.60. The molecular formula is C26H26N6O. The highest BCUT2D eigenvalue weighted by atomic mass is 16.2. The summed E-state index contributed by atoms with van der Waals surface area (Å²) in [5.41, 5.74) is 3.67. The Balaban J connectivity index is 1.19. The maximum absolute atomic E-state index is 13.2. The van der Waals surface area contributed by atoms with Crippen LogP contribution in [0, 0.1) is 0 Å². The van der Waals surface area contributed by atoms with E-state index < -0.39 is 0 Å². The van der Waals surface area contributed by atoms with Gasteiger partial charge in [-0.2, -0.15) is 0 Å². The van der Waals surface area contributed by atoms with E-state index in [1.165, 1.54) is 24.9 Å². The number of hydrogen-bond donors (Lipinski definition) is 0. The molecule has 7 heteroatoms. The average molecular weight is 439 g/mol. The van der Waals surface area contributed by atoms with Gasteiger partial charge in [-0.25, -0.2) is 4.98 Å². The lowest BCUT2D eigenvalue weighted by Crippen LogP contribution is -2.38. The highest BCUT2D eigenvalue weighted by molar-refractivity contribution is 5.94. The molecule has 4 aromatic rings. The van der Waals surface area contributed by atoms with Crippen LogP contribution in [0.15, 0.2) is 60.7 Å². The van der Waals surface area contributed by atoms with Crippen molar-refractivity contribution in [2.45, 2.75) is 32.4 Å². The van der Waals surface area contributed by atoms with Gasteiger partial charge in [0.05, 0.1) is 12.1 Å². The minimum absolute atomic E-state index is 0.0415. The lowest BCUT2D eigenvalue weighted by atomic mass is 10.1. The Kier molecular flexibility index (Phi) is 5.02. The Hall–Kier alpha value is -3.74. The normalized spacial score (nSPS) is 16.1. The van der Waals surface area contributed by atoms with Gasteiger partial charge in [0.15, 0.2) is 11.6 Å². The van der Waals surface area contributed by atoms with Crippen molar-refractivity contribution in [3.05, 3.63) is 72.1 Å². The summed E-state index contributed by atoms with van der Waals surface area (Å²) >= 11 is 0. The van der Waals surface area contributed by atoms with Gasteiger partial charge >= 0.3 is 0 Å². The smallest absolute Gasteiger partial charge is 0.254 e. The summed E-state index contributed by atoms with van der Waals surface area (Å²) in [6.45, 7) is 3.93. The molecule has 6 rings (SSSR count). The maximum atomic E-state index is 13.2. The molecule has 1 amide bonds. The van der Waals surface area contributed by atoms with Crippen molar-refractivity contribution >= 4 is 22.5 Å². The number of hydrogen-bond acceptors (Lipinski definition) is 5. The predicted octanol–water partition coefficient (Wildman–Crippen LogP) is 4.14. The van der Waals surface area contributed by atoms with Crippen molar-refractivity contribution in [1.29, 1.82) is 0 Å². The first-order chi connectivity index (χ1) is 16.3. The van der Waals surface area contributed by atoms with Crippen molar-refractivity contribution in [3.8, 4) is 11.5 Å². The van der Waals surface area contributed by atoms with Gasteiger partial charge in [0.25, 0.3) is 5.91 Å². The molecule has 0 unspecified atom stereocenters. The first-order valence-electron chi connectivity index (χ1n) is 11.7. The predicted molar refractivity (Wildman–Crippen MR) is 128 cm³/mol. The molecule has 1 fully saturated rings. The number of carbonyl (C=O) groups excluding carboxylic acids is 1. The molecule has 0 N–H and O–H groups in total. The van der Waals surface area contributed by atoms with Crippen molar-refractivity contribution < 1.29 is 4.79 Å². The zero-order chi connectivity index (χ0) is 22.2. The minimum Gasteiger partial charge on any atom is -0.372 e. The fourth-order valence-electron chi connectivity index (χ4n) is 4.86. The number of amides is 1. The molecule has 2 aromatic carbocycles. The average Bonchev–Trinajstić information content (AvgIpc) is 3.32. The van der Waals surface area contributed by atoms with Gasteiger partial charge in [0.2, 0.25) is 0 Å². The first kappa shape index (κ1) is 19.9. The third-order valence-electron chi connectivity index (χ3n) is 6.70. The van der Waals surface area contributed by atoms with Crippen molar-refractivity contribution in [3.63, 3.8) is 0 Å². The standard InChI is InChI=1S/C26H26N6O/c33-26(20-8-11-21(12-9-20)30-14-4-1-5-15-30)31-16-17-32-24(18-31)28-29-25(32)23-13-10-19-6-2-3-7-22(19)27-23/h2-3,6-13H,1,4-5,14-18H2. The van der Waals surface area contributed by atoms with Crippen molar-refractivity contribution in [2.24, 2.45) is 0 Å². The Morgan fingerprint density at radius 1 is 0.788 bits per heavy atom. The van der Waals surface area contributed by atoms with E-state index in [4.69, 9.17) is 4.98 Å². The molecule has 1 saturated heterocycles. The number of aromatic nitrogens is 4. The van der Waals surface area contributed by atoms with Crippen LogP contribution in [0.1, 0.15) is 35.4 Å². The van der Waals surface area contributed by atoms with E-state index in [-0.39, 0.29) is 5.91 Å². The van der Waals surface area contributed by atoms with E-state index >= 15 is 0 Å². The molecule has 33 heavy (non-hydrogen) atoms. The third kappa shape index (κ3) is 3.73. The van der Waals surface area contributed by atoms with Gasteiger partial charge in [-0.3, -0.25) is 4.79 Å². The number of fused-ring (bicyclic) bond motifs is 2. The molecule has 0 saturated carbocycles. The zero-order valence-corrected chi connectivity index (χ0v) is 18.5. The van der Waals surface area contributed by atoms with Crippen LogP contribution in [0.4, 0.5) is 5.69 Å². The molecular weight excluding hydrogens is 412 g/mol. The van der Waals surface area contributed by atoms with E-state index in [2.05, 4.69) is 37.9 Å².